The minimum atomic E-state index is 0.196. The lowest BCUT2D eigenvalue weighted by molar-refractivity contribution is 0.173. The quantitative estimate of drug-likeness (QED) is 0.860. The van der Waals surface area contributed by atoms with Crippen LogP contribution in [0.2, 0.25) is 5.02 Å². The number of nitrogens with two attached hydrogens (primary N) is 1. The average Bonchev–Trinajstić information content (AvgIpc) is 2.94. The molecule has 5 nitrogen and oxygen atoms in total. The second-order valence-electron chi connectivity index (χ2n) is 4.16. The summed E-state index contributed by atoms with van der Waals surface area (Å²) < 4.78 is 12.4. The molecule has 0 bridgehead atoms. The van der Waals surface area contributed by atoms with E-state index in [0.717, 1.165) is 16.7 Å². The topological polar surface area (TPSA) is 62.3 Å². The van der Waals surface area contributed by atoms with E-state index in [2.05, 4.69) is 5.10 Å². The Labute approximate surface area is 109 Å². The number of hydrogen-bond acceptors (Lipinski definition) is 4. The number of nitrogen functional groups attached to an aromatic ring is 1. The Hall–Kier alpha value is -1.88. The molecular weight excluding hydrogens is 254 g/mol. The second-order valence-corrected chi connectivity index (χ2v) is 4.57. The molecule has 0 unspecified atom stereocenters. The molecule has 0 saturated heterocycles. The summed E-state index contributed by atoms with van der Waals surface area (Å²) in [7, 11) is 1.79. The van der Waals surface area contributed by atoms with Crippen molar-refractivity contribution in [2.75, 3.05) is 12.5 Å². The summed E-state index contributed by atoms with van der Waals surface area (Å²) in [6.07, 6.45) is 1.72. The van der Waals surface area contributed by atoms with Crippen molar-refractivity contribution < 1.29 is 9.47 Å². The summed E-state index contributed by atoms with van der Waals surface area (Å²) in [5.74, 6) is 1.87. The number of anilines is 1. The molecule has 0 fully saturated rings. The highest BCUT2D eigenvalue weighted by atomic mass is 35.5. The highest BCUT2D eigenvalue weighted by Crippen LogP contribution is 2.46. The molecule has 3 rings (SSSR count). The van der Waals surface area contributed by atoms with Crippen molar-refractivity contribution in [2.45, 2.75) is 6.92 Å². The van der Waals surface area contributed by atoms with Crippen LogP contribution in [-0.2, 0) is 7.05 Å². The SMILES string of the molecule is Cc1c(-c2cnn(C)c2N)cc(Cl)c2c1OCO2. The summed E-state index contributed by atoms with van der Waals surface area (Å²) >= 11 is 6.18. The van der Waals surface area contributed by atoms with E-state index in [4.69, 9.17) is 26.8 Å². The molecule has 0 aliphatic carbocycles. The van der Waals surface area contributed by atoms with Crippen LogP contribution in [0, 0.1) is 6.92 Å². The molecule has 0 amide bonds. The van der Waals surface area contributed by atoms with E-state index in [9.17, 15) is 0 Å². The predicted molar refractivity (Wildman–Crippen MR) is 68.9 cm³/mol. The Bertz CT molecular complexity index is 637. The van der Waals surface area contributed by atoms with Crippen molar-refractivity contribution in [1.29, 1.82) is 0 Å². The number of halogens is 1. The summed E-state index contributed by atoms with van der Waals surface area (Å²) in [4.78, 5) is 0. The van der Waals surface area contributed by atoms with Crippen LogP contribution >= 0.6 is 11.6 Å². The number of benzene rings is 1. The summed E-state index contributed by atoms with van der Waals surface area (Å²) in [6.45, 7) is 2.15. The summed E-state index contributed by atoms with van der Waals surface area (Å²) in [5.41, 5.74) is 8.69. The van der Waals surface area contributed by atoms with Gasteiger partial charge in [-0.15, -0.1) is 0 Å². The van der Waals surface area contributed by atoms with Crippen molar-refractivity contribution in [3.05, 3.63) is 22.8 Å². The molecule has 1 aliphatic heterocycles. The van der Waals surface area contributed by atoms with Crippen LogP contribution in [0.15, 0.2) is 12.3 Å². The number of nitrogens with zero attached hydrogens (tertiary/aromatic N) is 2. The van der Waals surface area contributed by atoms with Crippen LogP contribution in [0.25, 0.3) is 11.1 Å². The van der Waals surface area contributed by atoms with Gasteiger partial charge in [-0.3, -0.25) is 4.68 Å². The first kappa shape index (κ1) is 11.2. The third-order valence-electron chi connectivity index (χ3n) is 3.12. The predicted octanol–water partition coefficient (Wildman–Crippen LogP) is 2.36. The van der Waals surface area contributed by atoms with E-state index in [1.807, 2.05) is 13.0 Å². The average molecular weight is 266 g/mol. The number of ether oxygens (including phenoxy) is 2. The Morgan fingerprint density at radius 1 is 1.33 bits per heavy atom. The molecule has 2 aromatic rings. The molecule has 0 atom stereocenters. The molecule has 1 aromatic heterocycles. The van der Waals surface area contributed by atoms with Gasteiger partial charge in [-0.2, -0.15) is 5.10 Å². The van der Waals surface area contributed by atoms with Crippen LogP contribution in [0.5, 0.6) is 11.5 Å². The number of hydrogen-bond donors (Lipinski definition) is 1. The van der Waals surface area contributed by atoms with Gasteiger partial charge < -0.3 is 15.2 Å². The maximum Gasteiger partial charge on any atom is 0.231 e. The molecule has 18 heavy (non-hydrogen) atoms. The zero-order chi connectivity index (χ0) is 12.9. The van der Waals surface area contributed by atoms with Crippen molar-refractivity contribution in [3.63, 3.8) is 0 Å². The molecule has 0 saturated carbocycles. The minimum Gasteiger partial charge on any atom is -0.453 e. The lowest BCUT2D eigenvalue weighted by Gasteiger charge is -2.09. The molecule has 2 heterocycles. The standard InChI is InChI=1S/C12H12ClN3O2/c1-6-7(8-4-15-16(2)12(8)14)3-9(13)11-10(6)17-5-18-11/h3-4H,5,14H2,1-2H3. The Balaban J connectivity index is 2.25. The lowest BCUT2D eigenvalue weighted by atomic mass is 10.0. The van der Waals surface area contributed by atoms with E-state index >= 15 is 0 Å². The van der Waals surface area contributed by atoms with Gasteiger partial charge in [0, 0.05) is 18.2 Å². The van der Waals surface area contributed by atoms with Gasteiger partial charge in [-0.25, -0.2) is 0 Å². The van der Waals surface area contributed by atoms with Crippen LogP contribution in [0.4, 0.5) is 5.82 Å². The molecular formula is C12H12ClN3O2. The number of fused-ring (bicyclic) bond motifs is 1. The van der Waals surface area contributed by atoms with Gasteiger partial charge in [-0.1, -0.05) is 11.6 Å². The molecule has 6 heteroatoms. The fourth-order valence-corrected chi connectivity index (χ4v) is 2.34. The van der Waals surface area contributed by atoms with Crippen molar-refractivity contribution in [1.82, 2.24) is 9.78 Å². The van der Waals surface area contributed by atoms with E-state index < -0.39 is 0 Å². The van der Waals surface area contributed by atoms with Gasteiger partial charge in [0.2, 0.25) is 6.79 Å². The Kier molecular flexibility index (Phi) is 2.38. The fraction of sp³-hybridized carbons (Fsp3) is 0.250. The Morgan fingerprint density at radius 3 is 2.72 bits per heavy atom. The highest BCUT2D eigenvalue weighted by Gasteiger charge is 2.24. The van der Waals surface area contributed by atoms with Gasteiger partial charge in [-0.05, 0) is 18.6 Å². The fourth-order valence-electron chi connectivity index (χ4n) is 2.09. The van der Waals surface area contributed by atoms with Crippen molar-refractivity contribution >= 4 is 17.4 Å². The zero-order valence-corrected chi connectivity index (χ0v) is 10.8. The van der Waals surface area contributed by atoms with Crippen molar-refractivity contribution in [2.24, 2.45) is 7.05 Å². The first-order valence-electron chi connectivity index (χ1n) is 5.46. The molecule has 2 N–H and O–H groups in total. The van der Waals surface area contributed by atoms with Crippen LogP contribution < -0.4 is 15.2 Å². The van der Waals surface area contributed by atoms with Crippen LogP contribution in [0.1, 0.15) is 5.56 Å². The lowest BCUT2D eigenvalue weighted by Crippen LogP contribution is -1.98. The first-order valence-corrected chi connectivity index (χ1v) is 5.84. The van der Waals surface area contributed by atoms with Gasteiger partial charge in [0.1, 0.15) is 5.82 Å². The number of rotatable bonds is 1. The largest absolute Gasteiger partial charge is 0.453 e. The zero-order valence-electron chi connectivity index (χ0n) is 10.0. The normalized spacial score (nSPS) is 13.1. The maximum absolute atomic E-state index is 6.18. The van der Waals surface area contributed by atoms with Crippen LogP contribution in [-0.4, -0.2) is 16.6 Å². The molecule has 94 valence electrons. The van der Waals surface area contributed by atoms with Gasteiger partial charge in [0.05, 0.1) is 11.2 Å². The van der Waals surface area contributed by atoms with E-state index in [0.29, 0.717) is 22.3 Å². The minimum absolute atomic E-state index is 0.196. The van der Waals surface area contributed by atoms with Gasteiger partial charge in [0.15, 0.2) is 11.5 Å². The first-order chi connectivity index (χ1) is 8.59. The summed E-state index contributed by atoms with van der Waals surface area (Å²) in [6, 6.07) is 1.83. The number of aromatic nitrogens is 2. The smallest absolute Gasteiger partial charge is 0.231 e. The van der Waals surface area contributed by atoms with Gasteiger partial charge >= 0.3 is 0 Å². The van der Waals surface area contributed by atoms with Crippen LogP contribution in [0.3, 0.4) is 0 Å². The molecule has 1 aromatic carbocycles. The third-order valence-corrected chi connectivity index (χ3v) is 3.40. The van der Waals surface area contributed by atoms with E-state index in [-0.39, 0.29) is 6.79 Å². The second kappa shape index (κ2) is 3.81. The summed E-state index contributed by atoms with van der Waals surface area (Å²) in [5, 5.41) is 4.65. The molecule has 0 radical (unpaired) electrons. The van der Waals surface area contributed by atoms with Gasteiger partial charge in [0.25, 0.3) is 0 Å². The highest BCUT2D eigenvalue weighted by molar-refractivity contribution is 6.32. The molecule has 0 spiro atoms. The maximum atomic E-state index is 6.18. The Morgan fingerprint density at radius 2 is 2.06 bits per heavy atom. The van der Waals surface area contributed by atoms with E-state index in [1.165, 1.54) is 0 Å². The monoisotopic (exact) mass is 265 g/mol. The van der Waals surface area contributed by atoms with E-state index in [1.54, 1.807) is 17.9 Å². The number of aryl methyl sites for hydroxylation is 1. The molecule has 1 aliphatic rings. The third kappa shape index (κ3) is 1.44. The van der Waals surface area contributed by atoms with Crippen molar-refractivity contribution in [3.8, 4) is 22.6 Å².